The molecule has 0 saturated carbocycles. The fourth-order valence-electron chi connectivity index (χ4n) is 1.98. The minimum atomic E-state index is 0.640. The van der Waals surface area contributed by atoms with Gasteiger partial charge in [-0.2, -0.15) is 0 Å². The zero-order valence-electron chi connectivity index (χ0n) is 13.8. The van der Waals surface area contributed by atoms with Crippen LogP contribution in [-0.4, -0.2) is 0 Å². The Morgan fingerprint density at radius 2 is 1.15 bits per heavy atom. The van der Waals surface area contributed by atoms with Gasteiger partial charge >= 0.3 is 0 Å². The van der Waals surface area contributed by atoms with Crippen LogP contribution in [-0.2, 0) is 6.42 Å². The number of hydrogen-bond donors (Lipinski definition) is 0. The van der Waals surface area contributed by atoms with Crippen molar-refractivity contribution in [1.29, 1.82) is 0 Å². The van der Waals surface area contributed by atoms with Gasteiger partial charge in [-0.1, -0.05) is 95.3 Å². The van der Waals surface area contributed by atoms with Crippen molar-refractivity contribution >= 4 is 0 Å². The maximum atomic E-state index is 2.30. The van der Waals surface area contributed by atoms with E-state index < -0.39 is 0 Å². The van der Waals surface area contributed by atoms with Crippen molar-refractivity contribution in [2.45, 2.75) is 53.4 Å². The number of benzene rings is 2. The van der Waals surface area contributed by atoms with Crippen molar-refractivity contribution in [1.82, 2.24) is 0 Å². The van der Waals surface area contributed by atoms with Gasteiger partial charge in [0, 0.05) is 0 Å². The number of hydrogen-bond acceptors (Lipinski definition) is 0. The topological polar surface area (TPSA) is 0 Å². The molecule has 0 aliphatic rings. The third kappa shape index (κ3) is 7.13. The maximum Gasteiger partial charge on any atom is -0.0187 e. The van der Waals surface area contributed by atoms with Crippen molar-refractivity contribution in [3.63, 3.8) is 0 Å². The minimum Gasteiger partial charge on any atom is -0.0683 e. The molecule has 0 spiro atoms. The fourth-order valence-corrected chi connectivity index (χ4v) is 1.98. The van der Waals surface area contributed by atoms with E-state index in [2.05, 4.69) is 67.6 Å². The highest BCUT2D eigenvalue weighted by Crippen LogP contribution is 2.20. The lowest BCUT2D eigenvalue weighted by molar-refractivity contribution is 0.679. The second-order valence-corrected chi connectivity index (χ2v) is 4.34. The Morgan fingerprint density at radius 1 is 0.700 bits per heavy atom. The van der Waals surface area contributed by atoms with Crippen LogP contribution >= 0.6 is 0 Å². The first-order chi connectivity index (χ1) is 9.86. The van der Waals surface area contributed by atoms with Crippen LogP contribution in [0.1, 0.15) is 58.1 Å². The van der Waals surface area contributed by atoms with Gasteiger partial charge in [0.15, 0.2) is 0 Å². The Bertz CT molecular complexity index is 403. The molecule has 2 aromatic carbocycles. The zero-order chi connectivity index (χ0) is 15.2. The first-order valence-electron chi connectivity index (χ1n) is 7.95. The quantitative estimate of drug-likeness (QED) is 0.597. The molecule has 1 atom stereocenters. The molecular formula is C20H30. The Hall–Kier alpha value is -1.56. The van der Waals surface area contributed by atoms with Gasteiger partial charge in [0.25, 0.3) is 0 Å². The molecule has 2 rings (SSSR count). The molecule has 0 heterocycles. The van der Waals surface area contributed by atoms with E-state index in [0.717, 1.165) is 6.42 Å². The normalized spacial score (nSPS) is 10.4. The lowest BCUT2D eigenvalue weighted by atomic mass is 9.94. The lowest BCUT2D eigenvalue weighted by Gasteiger charge is -2.11. The maximum absolute atomic E-state index is 2.30. The molecule has 0 saturated heterocycles. The molecule has 0 aliphatic carbocycles. The smallest absolute Gasteiger partial charge is 0.0187 e. The monoisotopic (exact) mass is 270 g/mol. The Morgan fingerprint density at radius 3 is 1.65 bits per heavy atom. The van der Waals surface area contributed by atoms with Crippen LogP contribution in [0.15, 0.2) is 60.7 Å². The molecule has 0 heteroatoms. The van der Waals surface area contributed by atoms with Crippen molar-refractivity contribution in [3.8, 4) is 0 Å². The standard InChI is InChI=1S/C16H18.2C2H6/c1-14(16-10-6-3-7-11-16)12-13-15-8-4-2-5-9-15;2*1-2/h2-11,14H,12-13H2,1H3;2*1-2H3/t14-;;/m0../s1. The summed E-state index contributed by atoms with van der Waals surface area (Å²) in [4.78, 5) is 0. The third-order valence-corrected chi connectivity index (χ3v) is 3.08. The minimum absolute atomic E-state index is 0.640. The molecule has 0 amide bonds. The molecule has 0 fully saturated rings. The molecule has 0 N–H and O–H groups in total. The summed E-state index contributed by atoms with van der Waals surface area (Å²) in [6, 6.07) is 21.5. The molecule has 2 aromatic rings. The zero-order valence-corrected chi connectivity index (χ0v) is 13.8. The molecule has 0 aromatic heterocycles. The van der Waals surface area contributed by atoms with Crippen molar-refractivity contribution in [2.75, 3.05) is 0 Å². The molecule has 0 unspecified atom stereocenters. The van der Waals surface area contributed by atoms with Gasteiger partial charge in [-0.25, -0.2) is 0 Å². The summed E-state index contributed by atoms with van der Waals surface area (Å²) in [5, 5.41) is 0. The van der Waals surface area contributed by atoms with Crippen LogP contribution in [0.5, 0.6) is 0 Å². The van der Waals surface area contributed by atoms with E-state index in [9.17, 15) is 0 Å². The fraction of sp³-hybridized carbons (Fsp3) is 0.400. The van der Waals surface area contributed by atoms with Crippen LogP contribution in [0, 0.1) is 0 Å². The number of rotatable bonds is 4. The molecule has 0 bridgehead atoms. The van der Waals surface area contributed by atoms with Gasteiger partial charge in [-0.3, -0.25) is 0 Å². The average molecular weight is 270 g/mol. The second-order valence-electron chi connectivity index (χ2n) is 4.34. The van der Waals surface area contributed by atoms with E-state index in [1.54, 1.807) is 0 Å². The summed E-state index contributed by atoms with van der Waals surface area (Å²) in [6.45, 7) is 10.3. The third-order valence-electron chi connectivity index (χ3n) is 3.08. The molecule has 0 radical (unpaired) electrons. The van der Waals surface area contributed by atoms with Gasteiger partial charge in [0.05, 0.1) is 0 Å². The van der Waals surface area contributed by atoms with Gasteiger partial charge in [0.2, 0.25) is 0 Å². The molecule has 110 valence electrons. The highest BCUT2D eigenvalue weighted by atomic mass is 14.1. The van der Waals surface area contributed by atoms with Crippen molar-refractivity contribution in [2.24, 2.45) is 0 Å². The van der Waals surface area contributed by atoms with Gasteiger partial charge < -0.3 is 0 Å². The van der Waals surface area contributed by atoms with E-state index in [0.29, 0.717) is 5.92 Å². The first-order valence-corrected chi connectivity index (χ1v) is 7.95. The Kier molecular flexibility index (Phi) is 11.5. The SMILES string of the molecule is CC.CC.C[C@@H](CCc1ccccc1)c1ccccc1. The van der Waals surface area contributed by atoms with Crippen molar-refractivity contribution < 1.29 is 0 Å². The van der Waals surface area contributed by atoms with Crippen LogP contribution in [0.25, 0.3) is 0 Å². The largest absolute Gasteiger partial charge is 0.0683 e. The summed E-state index contributed by atoms with van der Waals surface area (Å²) in [6.07, 6.45) is 2.38. The lowest BCUT2D eigenvalue weighted by Crippen LogP contribution is -1.95. The Labute approximate surface area is 125 Å². The van der Waals surface area contributed by atoms with Crippen LogP contribution < -0.4 is 0 Å². The molecule has 0 nitrogen and oxygen atoms in total. The van der Waals surface area contributed by atoms with Crippen LogP contribution in [0.2, 0.25) is 0 Å². The first kappa shape index (κ1) is 18.4. The summed E-state index contributed by atoms with van der Waals surface area (Å²) in [5.41, 5.74) is 2.88. The van der Waals surface area contributed by atoms with E-state index in [-0.39, 0.29) is 0 Å². The predicted octanol–water partition coefficient (Wildman–Crippen LogP) is 6.48. The average Bonchev–Trinajstić information content (AvgIpc) is 2.58. The Balaban J connectivity index is 0.000000829. The second kappa shape index (κ2) is 12.5. The summed E-state index contributed by atoms with van der Waals surface area (Å²) < 4.78 is 0. The molecule has 20 heavy (non-hydrogen) atoms. The van der Waals surface area contributed by atoms with E-state index in [4.69, 9.17) is 0 Å². The molecular weight excluding hydrogens is 240 g/mol. The highest BCUT2D eigenvalue weighted by molar-refractivity contribution is 5.20. The summed E-state index contributed by atoms with van der Waals surface area (Å²) in [7, 11) is 0. The van der Waals surface area contributed by atoms with Gasteiger partial charge in [-0.15, -0.1) is 0 Å². The summed E-state index contributed by atoms with van der Waals surface area (Å²) in [5.74, 6) is 0.640. The van der Waals surface area contributed by atoms with Crippen molar-refractivity contribution in [3.05, 3.63) is 71.8 Å². The predicted molar refractivity (Wildman–Crippen MR) is 92.3 cm³/mol. The highest BCUT2D eigenvalue weighted by Gasteiger charge is 2.04. The van der Waals surface area contributed by atoms with E-state index >= 15 is 0 Å². The van der Waals surface area contributed by atoms with Crippen LogP contribution in [0.4, 0.5) is 0 Å². The van der Waals surface area contributed by atoms with Crippen LogP contribution in [0.3, 0.4) is 0 Å². The molecule has 0 aliphatic heterocycles. The van der Waals surface area contributed by atoms with E-state index in [1.807, 2.05) is 27.7 Å². The number of aryl methyl sites for hydroxylation is 1. The van der Waals surface area contributed by atoms with E-state index in [1.165, 1.54) is 17.5 Å². The van der Waals surface area contributed by atoms with Gasteiger partial charge in [-0.05, 0) is 29.9 Å². The summed E-state index contributed by atoms with van der Waals surface area (Å²) >= 11 is 0. The van der Waals surface area contributed by atoms with Gasteiger partial charge in [0.1, 0.15) is 0 Å².